The summed E-state index contributed by atoms with van der Waals surface area (Å²) in [6.45, 7) is 7.27. The highest BCUT2D eigenvalue weighted by Crippen LogP contribution is 2.27. The molecule has 1 fully saturated rings. The molecule has 0 aliphatic carbocycles. The molecule has 3 amide bonds. The highest BCUT2D eigenvalue weighted by molar-refractivity contribution is 8.00. The smallest absolute Gasteiger partial charge is 0.320 e. The molecule has 374 valence electrons. The number of hydrogen-bond acceptors (Lipinski definition) is 14. The van der Waals surface area contributed by atoms with Crippen LogP contribution in [0.3, 0.4) is 0 Å². The maximum atomic E-state index is 12.9. The molecule has 0 spiro atoms. The molecule has 8 N–H and O–H groups in total. The number of carboxylic acids is 2. The number of aromatic amines is 1. The van der Waals surface area contributed by atoms with Gasteiger partial charge in [0.15, 0.2) is 5.78 Å². The van der Waals surface area contributed by atoms with E-state index >= 15 is 0 Å². The van der Waals surface area contributed by atoms with Crippen molar-refractivity contribution in [3.63, 3.8) is 0 Å². The molecular weight excluding hydrogens is 871 g/mol. The van der Waals surface area contributed by atoms with E-state index in [4.69, 9.17) is 20.3 Å². The van der Waals surface area contributed by atoms with Crippen LogP contribution < -0.4 is 21.7 Å². The number of aromatic nitrogens is 2. The zero-order valence-electron chi connectivity index (χ0n) is 39.3. The lowest BCUT2D eigenvalue weighted by Crippen LogP contribution is -2.42. The summed E-state index contributed by atoms with van der Waals surface area (Å²) >= 11 is 1.59. The molecule has 1 aliphatic rings. The molecule has 1 saturated heterocycles. The van der Waals surface area contributed by atoms with Gasteiger partial charge in [0.2, 0.25) is 17.7 Å². The number of imide groups is 1. The number of imidazole rings is 1. The number of amides is 3. The van der Waals surface area contributed by atoms with Crippen molar-refractivity contribution in [2.45, 2.75) is 159 Å². The topological polar surface area (TPSA) is 272 Å². The monoisotopic (exact) mass is 950 g/mol. The average Bonchev–Trinajstić information content (AvgIpc) is 3.89. The molecule has 1 aromatic rings. The lowest BCUT2D eigenvalue weighted by atomic mass is 9.94. The van der Waals surface area contributed by atoms with Crippen LogP contribution in [0.4, 0.5) is 0 Å². The normalized spacial score (nSPS) is 15.1. The van der Waals surface area contributed by atoms with Gasteiger partial charge in [-0.3, -0.25) is 43.8 Å². The fraction of sp³-hybridized carbons (Fsp3) is 0.745. The molecule has 4 atom stereocenters. The van der Waals surface area contributed by atoms with Crippen molar-refractivity contribution >= 4 is 53.0 Å². The Kier molecular flexibility index (Phi) is 31.6. The summed E-state index contributed by atoms with van der Waals surface area (Å²) in [5.41, 5.74) is 7.40. The maximum absolute atomic E-state index is 12.9. The number of H-pyrrole nitrogens is 1. The van der Waals surface area contributed by atoms with Crippen molar-refractivity contribution in [2.24, 2.45) is 11.7 Å². The van der Waals surface area contributed by atoms with Crippen molar-refractivity contribution in [1.82, 2.24) is 30.8 Å². The number of rotatable bonds is 44. The number of Topliss-reactive ketones (excluding diaryl/α,β-unsaturated/α-hetero) is 2. The van der Waals surface area contributed by atoms with Crippen LogP contribution in [0.15, 0.2) is 24.8 Å². The summed E-state index contributed by atoms with van der Waals surface area (Å²) in [5, 5.41) is 26.6. The second kappa shape index (κ2) is 35.9. The van der Waals surface area contributed by atoms with Crippen molar-refractivity contribution in [3.05, 3.63) is 30.5 Å². The number of nitrogens with zero attached hydrogens (tertiary/aromatic N) is 2. The number of carboxylic acid groups (broad SMARTS) is 2. The zero-order valence-corrected chi connectivity index (χ0v) is 40.1. The molecule has 2 rings (SSSR count). The van der Waals surface area contributed by atoms with Gasteiger partial charge in [0.1, 0.15) is 18.4 Å². The van der Waals surface area contributed by atoms with Crippen molar-refractivity contribution in [1.29, 1.82) is 0 Å². The fourth-order valence-electron chi connectivity index (χ4n) is 7.36. The maximum Gasteiger partial charge on any atom is 0.320 e. The van der Waals surface area contributed by atoms with Crippen LogP contribution in [0.25, 0.3) is 0 Å². The fourth-order valence-corrected chi connectivity index (χ4v) is 8.55. The van der Waals surface area contributed by atoms with Gasteiger partial charge in [-0.1, -0.05) is 84.1 Å². The Labute approximate surface area is 395 Å². The van der Waals surface area contributed by atoms with E-state index in [2.05, 4.69) is 32.5 Å². The lowest BCUT2D eigenvalue weighted by Gasteiger charge is -2.17. The largest absolute Gasteiger partial charge is 0.481 e. The Morgan fingerprint density at radius 1 is 0.864 bits per heavy atom. The Bertz CT molecular complexity index is 1600. The third-order valence-electron chi connectivity index (χ3n) is 11.4. The first-order valence-electron chi connectivity index (χ1n) is 24.0. The molecule has 66 heavy (non-hydrogen) atoms. The molecule has 1 unspecified atom stereocenters. The van der Waals surface area contributed by atoms with Gasteiger partial charge in [-0.25, -0.2) is 4.98 Å². The minimum atomic E-state index is -1.09. The van der Waals surface area contributed by atoms with Gasteiger partial charge < -0.3 is 41.0 Å². The SMILES string of the molecule is C=C(CCN1C(=O)CC(SCCCCCCCCCCCCCCCC(=O)O)C1=O)NCCOCCOCC(=O)NCCCC[C@H](NCC(=O)[C@@H](C)CC(=O)[C@@H](N)Cc1cnc[nH]1)C(=O)O. The summed E-state index contributed by atoms with van der Waals surface area (Å²) in [6.07, 6.45) is 20.6. The molecule has 0 bridgehead atoms. The Hall–Kier alpha value is -4.17. The van der Waals surface area contributed by atoms with Crippen LogP contribution in [0, 0.1) is 5.92 Å². The number of carbonyl (C=O) groups excluding carboxylic acids is 5. The average molecular weight is 950 g/mol. The number of ketones is 2. The molecule has 0 radical (unpaired) electrons. The van der Waals surface area contributed by atoms with Gasteiger partial charge in [-0.15, -0.1) is 11.8 Å². The first-order valence-corrected chi connectivity index (χ1v) is 25.1. The van der Waals surface area contributed by atoms with E-state index in [-0.39, 0.29) is 93.0 Å². The summed E-state index contributed by atoms with van der Waals surface area (Å²) in [5.74, 6) is -2.62. The van der Waals surface area contributed by atoms with Crippen LogP contribution in [0.5, 0.6) is 0 Å². The Morgan fingerprint density at radius 2 is 1.52 bits per heavy atom. The molecule has 0 saturated carbocycles. The Morgan fingerprint density at radius 3 is 2.15 bits per heavy atom. The number of thioether (sulfide) groups is 1. The van der Waals surface area contributed by atoms with Gasteiger partial charge >= 0.3 is 11.9 Å². The molecule has 18 nitrogen and oxygen atoms in total. The van der Waals surface area contributed by atoms with E-state index in [0.717, 1.165) is 43.6 Å². The predicted molar refractivity (Wildman–Crippen MR) is 254 cm³/mol. The van der Waals surface area contributed by atoms with Crippen LogP contribution >= 0.6 is 11.8 Å². The second-order valence-electron chi connectivity index (χ2n) is 17.2. The van der Waals surface area contributed by atoms with Gasteiger partial charge in [0, 0.05) is 75.2 Å². The van der Waals surface area contributed by atoms with Crippen molar-refractivity contribution in [3.8, 4) is 0 Å². The van der Waals surface area contributed by atoms with Crippen molar-refractivity contribution in [2.75, 3.05) is 58.4 Å². The third-order valence-corrected chi connectivity index (χ3v) is 12.7. The van der Waals surface area contributed by atoms with E-state index < -0.39 is 29.9 Å². The number of likely N-dealkylation sites (tertiary alicyclic amines) is 1. The van der Waals surface area contributed by atoms with E-state index in [9.17, 15) is 38.7 Å². The number of unbranched alkanes of at least 4 members (excludes halogenated alkanes) is 13. The van der Waals surface area contributed by atoms with Crippen LogP contribution in [0.2, 0.25) is 0 Å². The van der Waals surface area contributed by atoms with Gasteiger partial charge in [-0.05, 0) is 37.9 Å². The van der Waals surface area contributed by atoms with E-state index in [1.54, 1.807) is 24.9 Å². The summed E-state index contributed by atoms with van der Waals surface area (Å²) in [7, 11) is 0. The summed E-state index contributed by atoms with van der Waals surface area (Å²) < 4.78 is 10.9. The second-order valence-corrected chi connectivity index (χ2v) is 18.5. The molecule has 1 aromatic heterocycles. The van der Waals surface area contributed by atoms with Gasteiger partial charge in [-0.2, -0.15) is 0 Å². The standard InChI is InChI=1S/C47H79N7O11S/c1-35(28-40(55)38(48)29-37-31-49-34-53-37)41(56)32-52-39(47(62)63)18-15-16-21-51-43(57)33-65-26-25-64-24-22-50-36(2)20-23-54-44(58)30-42(46(54)61)66-27-17-13-11-9-7-5-3-4-6-8-10-12-14-19-45(59)60/h31,34-35,38-39,42,50,52H,2-30,32-33,48H2,1H3,(H,49,53)(H,51,57)(H,59,60)(H,62,63)/t35-,38-,39-,42?/m0/s1. The van der Waals surface area contributed by atoms with Crippen LogP contribution in [0.1, 0.15) is 141 Å². The molecule has 1 aliphatic heterocycles. The van der Waals surface area contributed by atoms with Crippen LogP contribution in [-0.4, -0.2) is 142 Å². The first-order chi connectivity index (χ1) is 31.8. The van der Waals surface area contributed by atoms with Gasteiger partial charge in [0.05, 0.1) is 44.0 Å². The molecular formula is C47H79N7O11S. The first kappa shape index (κ1) is 58.0. The van der Waals surface area contributed by atoms with Crippen molar-refractivity contribution < 1.29 is 53.2 Å². The summed E-state index contributed by atoms with van der Waals surface area (Å²) in [6, 6.07) is -1.72. The minimum Gasteiger partial charge on any atom is -0.481 e. The number of aliphatic carboxylic acids is 2. The Balaban J connectivity index is 1.40. The minimum absolute atomic E-state index is 0.0390. The molecule has 0 aromatic carbocycles. The van der Waals surface area contributed by atoms with E-state index in [1.165, 1.54) is 62.6 Å². The van der Waals surface area contributed by atoms with E-state index in [0.29, 0.717) is 51.2 Å². The number of nitrogens with two attached hydrogens (primary N) is 1. The number of hydrogen-bond donors (Lipinski definition) is 7. The molecule has 2 heterocycles. The zero-order chi connectivity index (χ0) is 48.4. The van der Waals surface area contributed by atoms with Crippen LogP contribution in [-0.2, 0) is 49.5 Å². The third kappa shape index (κ3) is 27.5. The summed E-state index contributed by atoms with van der Waals surface area (Å²) in [4.78, 5) is 93.1. The van der Waals surface area contributed by atoms with E-state index in [1.807, 2.05) is 0 Å². The molecule has 19 heteroatoms. The number of carbonyl (C=O) groups is 7. The highest BCUT2D eigenvalue weighted by atomic mass is 32.2. The number of ether oxygens (including phenoxy) is 2. The predicted octanol–water partition coefficient (Wildman–Crippen LogP) is 4.71. The van der Waals surface area contributed by atoms with Gasteiger partial charge in [0.25, 0.3) is 0 Å². The highest BCUT2D eigenvalue weighted by Gasteiger charge is 2.38. The quantitative estimate of drug-likeness (QED) is 0.0345. The number of nitrogens with one attached hydrogen (secondary N) is 4. The lowest BCUT2D eigenvalue weighted by molar-refractivity contribution is -0.140.